The predicted octanol–water partition coefficient (Wildman–Crippen LogP) is 2.09. The second-order valence-corrected chi connectivity index (χ2v) is 4.58. The third kappa shape index (κ3) is 1.95. The van der Waals surface area contributed by atoms with Gasteiger partial charge in [-0.3, -0.25) is 4.68 Å². The number of anilines is 1. The molecule has 2 aromatic heterocycles. The first-order valence-electron chi connectivity index (χ1n) is 5.48. The number of hydrogen-bond acceptors (Lipinski definition) is 4. The van der Waals surface area contributed by atoms with Gasteiger partial charge in [-0.2, -0.15) is 5.10 Å². The number of nitrogen functional groups attached to an aromatic ring is 1. The van der Waals surface area contributed by atoms with Gasteiger partial charge in [0.25, 0.3) is 0 Å². The van der Waals surface area contributed by atoms with Crippen molar-refractivity contribution in [3.05, 3.63) is 28.0 Å². The topological polar surface area (TPSA) is 56.7 Å². The Hall–Kier alpha value is -1.36. The monoisotopic (exact) mass is 236 g/mol. The van der Waals surface area contributed by atoms with Crippen LogP contribution in [0.1, 0.15) is 30.2 Å². The Labute approximate surface area is 99.1 Å². The molecule has 86 valence electrons. The Bertz CT molecular complexity index is 459. The summed E-state index contributed by atoms with van der Waals surface area (Å²) >= 11 is 1.65. The summed E-state index contributed by atoms with van der Waals surface area (Å²) < 4.78 is 1.98. The predicted molar refractivity (Wildman–Crippen MR) is 66.6 cm³/mol. The molecule has 2 aromatic rings. The number of nitrogens with zero attached hydrogens (tertiary/aromatic N) is 3. The van der Waals surface area contributed by atoms with Gasteiger partial charge in [0.2, 0.25) is 0 Å². The van der Waals surface area contributed by atoms with Crippen molar-refractivity contribution in [1.82, 2.24) is 14.8 Å². The number of rotatable bonds is 4. The van der Waals surface area contributed by atoms with Crippen molar-refractivity contribution < 1.29 is 0 Å². The molecule has 16 heavy (non-hydrogen) atoms. The second-order valence-electron chi connectivity index (χ2n) is 3.60. The first kappa shape index (κ1) is 11.1. The van der Waals surface area contributed by atoms with Crippen molar-refractivity contribution in [2.45, 2.75) is 33.2 Å². The summed E-state index contributed by atoms with van der Waals surface area (Å²) in [6.45, 7) is 4.90. The molecule has 0 spiro atoms. The maximum Gasteiger partial charge on any atom is 0.114 e. The van der Waals surface area contributed by atoms with Crippen LogP contribution in [0.15, 0.2) is 11.6 Å². The smallest absolute Gasteiger partial charge is 0.114 e. The second kappa shape index (κ2) is 4.65. The molecule has 0 atom stereocenters. The molecule has 2 rings (SSSR count). The van der Waals surface area contributed by atoms with E-state index in [4.69, 9.17) is 5.73 Å². The van der Waals surface area contributed by atoms with E-state index in [-0.39, 0.29) is 0 Å². The van der Waals surface area contributed by atoms with Crippen LogP contribution in [0.25, 0.3) is 0 Å². The van der Waals surface area contributed by atoms with Gasteiger partial charge in [0.1, 0.15) is 5.01 Å². The summed E-state index contributed by atoms with van der Waals surface area (Å²) in [5.74, 6) is 0. The molecule has 2 N–H and O–H groups in total. The highest BCUT2D eigenvalue weighted by molar-refractivity contribution is 7.09. The molecule has 0 aliphatic carbocycles. The Morgan fingerprint density at radius 3 is 2.75 bits per heavy atom. The van der Waals surface area contributed by atoms with Crippen LogP contribution in [0.5, 0.6) is 0 Å². The molecule has 0 amide bonds. The normalized spacial score (nSPS) is 10.9. The van der Waals surface area contributed by atoms with E-state index in [1.54, 1.807) is 11.3 Å². The zero-order chi connectivity index (χ0) is 11.5. The molecular formula is C11H16N4S. The SMILES string of the molecule is CCc1nn(Cc2nccs2)c(CC)c1N. The summed E-state index contributed by atoms with van der Waals surface area (Å²) in [6, 6.07) is 0. The van der Waals surface area contributed by atoms with Crippen LogP contribution in [-0.4, -0.2) is 14.8 Å². The average Bonchev–Trinajstić information content (AvgIpc) is 2.87. The minimum absolute atomic E-state index is 0.727. The molecule has 0 saturated carbocycles. The Morgan fingerprint density at radius 1 is 1.38 bits per heavy atom. The zero-order valence-electron chi connectivity index (χ0n) is 9.60. The molecular weight excluding hydrogens is 220 g/mol. The molecule has 0 radical (unpaired) electrons. The molecule has 0 aliphatic heterocycles. The van der Waals surface area contributed by atoms with Crippen molar-refractivity contribution in [3.8, 4) is 0 Å². The van der Waals surface area contributed by atoms with Crippen LogP contribution in [0.2, 0.25) is 0 Å². The molecule has 0 aliphatic rings. The maximum absolute atomic E-state index is 6.05. The lowest BCUT2D eigenvalue weighted by Gasteiger charge is -2.03. The van der Waals surface area contributed by atoms with Crippen molar-refractivity contribution in [2.75, 3.05) is 5.73 Å². The summed E-state index contributed by atoms with van der Waals surface area (Å²) in [5.41, 5.74) is 9.01. The highest BCUT2D eigenvalue weighted by Crippen LogP contribution is 2.19. The molecule has 0 fully saturated rings. The van der Waals surface area contributed by atoms with Crippen LogP contribution < -0.4 is 5.73 Å². The van der Waals surface area contributed by atoms with E-state index in [2.05, 4.69) is 23.9 Å². The van der Waals surface area contributed by atoms with Crippen LogP contribution in [0.4, 0.5) is 5.69 Å². The third-order valence-electron chi connectivity index (χ3n) is 2.61. The van der Waals surface area contributed by atoms with Gasteiger partial charge in [-0.25, -0.2) is 4.98 Å². The molecule has 4 nitrogen and oxygen atoms in total. The van der Waals surface area contributed by atoms with E-state index in [9.17, 15) is 0 Å². The summed E-state index contributed by atoms with van der Waals surface area (Å²) in [7, 11) is 0. The summed E-state index contributed by atoms with van der Waals surface area (Å²) in [5, 5.41) is 7.58. The van der Waals surface area contributed by atoms with Gasteiger partial charge in [0.15, 0.2) is 0 Å². The van der Waals surface area contributed by atoms with Gasteiger partial charge < -0.3 is 5.73 Å². The lowest BCUT2D eigenvalue weighted by atomic mass is 10.2. The molecule has 0 aromatic carbocycles. The van der Waals surface area contributed by atoms with Gasteiger partial charge >= 0.3 is 0 Å². The lowest BCUT2D eigenvalue weighted by Crippen LogP contribution is -2.06. The fourth-order valence-electron chi connectivity index (χ4n) is 1.79. The molecule has 5 heteroatoms. The fourth-order valence-corrected chi connectivity index (χ4v) is 2.39. The van der Waals surface area contributed by atoms with Gasteiger partial charge in [-0.15, -0.1) is 11.3 Å². The van der Waals surface area contributed by atoms with E-state index in [0.29, 0.717) is 0 Å². The van der Waals surface area contributed by atoms with Crippen LogP contribution in [0.3, 0.4) is 0 Å². The largest absolute Gasteiger partial charge is 0.396 e. The zero-order valence-corrected chi connectivity index (χ0v) is 10.4. The molecule has 2 heterocycles. The average molecular weight is 236 g/mol. The molecule has 0 unspecified atom stereocenters. The standard InChI is InChI=1S/C11H16N4S/c1-3-8-11(12)9(4-2)15(14-8)7-10-13-5-6-16-10/h5-6H,3-4,7,12H2,1-2H3. The van der Waals surface area contributed by atoms with Gasteiger partial charge in [-0.05, 0) is 12.8 Å². The van der Waals surface area contributed by atoms with Crippen molar-refractivity contribution in [2.24, 2.45) is 0 Å². The van der Waals surface area contributed by atoms with Crippen LogP contribution >= 0.6 is 11.3 Å². The molecule has 0 saturated heterocycles. The Balaban J connectivity index is 2.33. The van der Waals surface area contributed by atoms with Crippen LogP contribution in [-0.2, 0) is 19.4 Å². The lowest BCUT2D eigenvalue weighted by molar-refractivity contribution is 0.638. The summed E-state index contributed by atoms with van der Waals surface area (Å²) in [4.78, 5) is 4.27. The molecule has 0 bridgehead atoms. The van der Waals surface area contributed by atoms with Crippen LogP contribution in [0, 0.1) is 0 Å². The highest BCUT2D eigenvalue weighted by atomic mass is 32.1. The van der Waals surface area contributed by atoms with E-state index >= 15 is 0 Å². The van der Waals surface area contributed by atoms with E-state index in [0.717, 1.165) is 41.5 Å². The highest BCUT2D eigenvalue weighted by Gasteiger charge is 2.13. The van der Waals surface area contributed by atoms with Crippen molar-refractivity contribution >= 4 is 17.0 Å². The van der Waals surface area contributed by atoms with Crippen molar-refractivity contribution in [1.29, 1.82) is 0 Å². The van der Waals surface area contributed by atoms with Gasteiger partial charge in [0.05, 0.1) is 23.6 Å². The first-order valence-corrected chi connectivity index (χ1v) is 6.36. The fraction of sp³-hybridized carbons (Fsp3) is 0.455. The van der Waals surface area contributed by atoms with E-state index in [1.165, 1.54) is 0 Å². The van der Waals surface area contributed by atoms with Gasteiger partial charge in [-0.1, -0.05) is 13.8 Å². The minimum atomic E-state index is 0.727. The number of nitrogens with two attached hydrogens (primary N) is 1. The number of aryl methyl sites for hydroxylation is 1. The van der Waals surface area contributed by atoms with Crippen molar-refractivity contribution in [3.63, 3.8) is 0 Å². The maximum atomic E-state index is 6.05. The van der Waals surface area contributed by atoms with Gasteiger partial charge in [0, 0.05) is 11.6 Å². The van der Waals surface area contributed by atoms with E-state index < -0.39 is 0 Å². The Kier molecular flexibility index (Phi) is 3.24. The number of thiazole rings is 1. The minimum Gasteiger partial charge on any atom is -0.396 e. The number of hydrogen-bond donors (Lipinski definition) is 1. The summed E-state index contributed by atoms with van der Waals surface area (Å²) in [6.07, 6.45) is 3.60. The Morgan fingerprint density at radius 2 is 2.19 bits per heavy atom. The quantitative estimate of drug-likeness (QED) is 0.884. The first-order chi connectivity index (χ1) is 7.76. The number of aromatic nitrogens is 3. The van der Waals surface area contributed by atoms with E-state index in [1.807, 2.05) is 16.3 Å². The third-order valence-corrected chi connectivity index (χ3v) is 3.38.